The third-order valence-electron chi connectivity index (χ3n) is 6.41. The molecular weight excluding hydrogens is 376 g/mol. The van der Waals surface area contributed by atoms with Crippen LogP contribution in [0.4, 0.5) is 0 Å². The lowest BCUT2D eigenvalue weighted by atomic mass is 9.89. The Labute approximate surface area is 167 Å². The molecule has 3 aliphatic rings. The van der Waals surface area contributed by atoms with E-state index in [9.17, 15) is 13.2 Å². The maximum atomic E-state index is 12.9. The van der Waals surface area contributed by atoms with Gasteiger partial charge in [0.15, 0.2) is 0 Å². The predicted molar refractivity (Wildman–Crippen MR) is 106 cm³/mol. The number of carbonyl (C=O) groups is 1. The number of nitrogens with one attached hydrogen (secondary N) is 1. The van der Waals surface area contributed by atoms with Crippen LogP contribution in [0.1, 0.15) is 51.0 Å². The molecule has 2 saturated heterocycles. The van der Waals surface area contributed by atoms with E-state index in [1.807, 2.05) is 12.1 Å². The largest absolute Gasteiger partial charge is 0.362 e. The van der Waals surface area contributed by atoms with Crippen LogP contribution in [0.3, 0.4) is 0 Å². The van der Waals surface area contributed by atoms with Gasteiger partial charge in [-0.1, -0.05) is 19.1 Å². The Kier molecular flexibility index (Phi) is 5.51. The summed E-state index contributed by atoms with van der Waals surface area (Å²) < 4.78 is 33.6. The summed E-state index contributed by atoms with van der Waals surface area (Å²) in [6, 6.07) is 7.15. The highest BCUT2D eigenvalue weighted by Crippen LogP contribution is 2.40. The molecule has 2 aliphatic heterocycles. The zero-order valence-electron chi connectivity index (χ0n) is 16.5. The maximum Gasteiger partial charge on any atom is 0.249 e. The average molecular weight is 407 g/mol. The zero-order chi connectivity index (χ0) is 19.8. The number of hydrogen-bond acceptors (Lipinski definition) is 4. The molecule has 1 aliphatic carbocycles. The van der Waals surface area contributed by atoms with E-state index in [4.69, 9.17) is 4.74 Å². The van der Waals surface area contributed by atoms with Crippen molar-refractivity contribution in [3.05, 3.63) is 29.8 Å². The van der Waals surface area contributed by atoms with Crippen LogP contribution < -0.4 is 5.32 Å². The molecule has 1 amide bonds. The molecule has 6 nitrogen and oxygen atoms in total. The predicted octanol–water partition coefficient (Wildman–Crippen LogP) is 2.48. The van der Waals surface area contributed by atoms with Gasteiger partial charge < -0.3 is 10.1 Å². The van der Waals surface area contributed by atoms with E-state index in [1.165, 1.54) is 12.8 Å². The van der Waals surface area contributed by atoms with Crippen LogP contribution in [0.5, 0.6) is 0 Å². The van der Waals surface area contributed by atoms with Crippen molar-refractivity contribution >= 4 is 15.9 Å². The van der Waals surface area contributed by atoms with Crippen LogP contribution >= 0.6 is 0 Å². The summed E-state index contributed by atoms with van der Waals surface area (Å²) in [5.41, 5.74) is 0.779. The Morgan fingerprint density at radius 3 is 2.43 bits per heavy atom. The number of carbonyl (C=O) groups excluding carboxylic acids is 1. The number of hydrogen-bond donors (Lipinski definition) is 1. The molecule has 0 bridgehead atoms. The first-order valence-corrected chi connectivity index (χ1v) is 11.9. The van der Waals surface area contributed by atoms with Crippen molar-refractivity contribution in [1.29, 1.82) is 0 Å². The Balaban J connectivity index is 1.34. The molecular formula is C21H30N2O4S. The summed E-state index contributed by atoms with van der Waals surface area (Å²) in [4.78, 5) is 12.7. The number of benzene rings is 1. The fraction of sp³-hybridized carbons (Fsp3) is 0.667. The van der Waals surface area contributed by atoms with Crippen LogP contribution in [-0.2, 0) is 26.0 Å². The van der Waals surface area contributed by atoms with E-state index in [2.05, 4.69) is 12.2 Å². The molecule has 2 heterocycles. The second kappa shape index (κ2) is 7.76. The minimum Gasteiger partial charge on any atom is -0.362 e. The van der Waals surface area contributed by atoms with Crippen LogP contribution in [0.2, 0.25) is 0 Å². The second-order valence-corrected chi connectivity index (χ2v) is 10.4. The van der Waals surface area contributed by atoms with Crippen molar-refractivity contribution < 1.29 is 17.9 Å². The first kappa shape index (κ1) is 19.9. The molecule has 154 valence electrons. The Bertz CT molecular complexity index is 809. The van der Waals surface area contributed by atoms with Gasteiger partial charge >= 0.3 is 0 Å². The lowest BCUT2D eigenvalue weighted by Gasteiger charge is -2.38. The SMILES string of the molecule is CCc1ccc(S(=O)(=O)N2CCC3(CC[C@H](C(=O)NCC4CC4)O3)CC2)cc1. The summed E-state index contributed by atoms with van der Waals surface area (Å²) >= 11 is 0. The molecule has 3 fully saturated rings. The van der Waals surface area contributed by atoms with Gasteiger partial charge in [0.2, 0.25) is 15.9 Å². The first-order chi connectivity index (χ1) is 13.4. The number of rotatable bonds is 6. The summed E-state index contributed by atoms with van der Waals surface area (Å²) in [7, 11) is -3.48. The van der Waals surface area contributed by atoms with Gasteiger partial charge in [-0.25, -0.2) is 8.42 Å². The van der Waals surface area contributed by atoms with Gasteiger partial charge in [0.1, 0.15) is 6.10 Å². The minimum absolute atomic E-state index is 0.00478. The van der Waals surface area contributed by atoms with Gasteiger partial charge in [-0.2, -0.15) is 4.31 Å². The van der Waals surface area contributed by atoms with Crippen molar-refractivity contribution in [2.24, 2.45) is 5.92 Å². The standard InChI is InChI=1S/C21H30N2O4S/c1-2-16-5-7-18(8-6-16)28(25,26)23-13-11-21(12-14-23)10-9-19(27-21)20(24)22-15-17-3-4-17/h5-8,17,19H,2-4,9-15H2,1H3,(H,22,24)/t19-/m1/s1. The quantitative estimate of drug-likeness (QED) is 0.788. The molecule has 1 atom stereocenters. The fourth-order valence-corrected chi connectivity index (χ4v) is 5.67. The smallest absolute Gasteiger partial charge is 0.249 e. The second-order valence-electron chi connectivity index (χ2n) is 8.42. The maximum absolute atomic E-state index is 12.9. The van der Waals surface area contributed by atoms with E-state index in [0.717, 1.165) is 31.4 Å². The van der Waals surface area contributed by atoms with Crippen LogP contribution in [-0.4, -0.2) is 50.0 Å². The molecule has 0 aromatic heterocycles. The zero-order valence-corrected chi connectivity index (χ0v) is 17.3. The molecule has 28 heavy (non-hydrogen) atoms. The molecule has 1 aromatic rings. The highest BCUT2D eigenvalue weighted by molar-refractivity contribution is 7.89. The summed E-state index contributed by atoms with van der Waals surface area (Å²) in [5, 5.41) is 3.00. The topological polar surface area (TPSA) is 75.7 Å². The Hall–Kier alpha value is -1.44. The van der Waals surface area contributed by atoms with Gasteiger partial charge in [0, 0.05) is 19.6 Å². The van der Waals surface area contributed by atoms with Crippen molar-refractivity contribution in [2.75, 3.05) is 19.6 Å². The van der Waals surface area contributed by atoms with Crippen molar-refractivity contribution in [3.63, 3.8) is 0 Å². The van der Waals surface area contributed by atoms with E-state index in [-0.39, 0.29) is 17.6 Å². The molecule has 1 aromatic carbocycles. The summed E-state index contributed by atoms with van der Waals surface area (Å²) in [6.07, 6.45) is 5.76. The Morgan fingerprint density at radius 2 is 1.82 bits per heavy atom. The molecule has 0 unspecified atom stereocenters. The van der Waals surface area contributed by atoms with E-state index < -0.39 is 10.0 Å². The van der Waals surface area contributed by atoms with Crippen LogP contribution in [0, 0.1) is 5.92 Å². The number of piperidine rings is 1. The van der Waals surface area contributed by atoms with E-state index in [0.29, 0.717) is 36.7 Å². The van der Waals surface area contributed by atoms with Crippen LogP contribution in [0.25, 0.3) is 0 Å². The van der Waals surface area contributed by atoms with E-state index in [1.54, 1.807) is 16.4 Å². The summed E-state index contributed by atoms with van der Waals surface area (Å²) in [6.45, 7) is 3.69. The van der Waals surface area contributed by atoms with E-state index >= 15 is 0 Å². The molecule has 1 spiro atoms. The van der Waals surface area contributed by atoms with Gasteiger partial charge in [0.25, 0.3) is 0 Å². The van der Waals surface area contributed by atoms with Crippen LogP contribution in [0.15, 0.2) is 29.2 Å². The number of amides is 1. The monoisotopic (exact) mass is 406 g/mol. The van der Waals surface area contributed by atoms with Gasteiger partial charge in [-0.3, -0.25) is 4.79 Å². The molecule has 7 heteroatoms. The van der Waals surface area contributed by atoms with Gasteiger partial charge in [-0.05, 0) is 68.6 Å². The third kappa shape index (κ3) is 4.11. The highest BCUT2D eigenvalue weighted by Gasteiger charge is 2.46. The third-order valence-corrected chi connectivity index (χ3v) is 8.32. The highest BCUT2D eigenvalue weighted by atomic mass is 32.2. The lowest BCUT2D eigenvalue weighted by molar-refractivity contribution is -0.139. The van der Waals surface area contributed by atoms with Crippen molar-refractivity contribution in [3.8, 4) is 0 Å². The number of ether oxygens (including phenoxy) is 1. The fourth-order valence-electron chi connectivity index (χ4n) is 4.23. The average Bonchev–Trinajstić information content (AvgIpc) is 3.46. The molecule has 0 radical (unpaired) electrons. The van der Waals surface area contributed by atoms with Gasteiger partial charge in [0.05, 0.1) is 10.5 Å². The first-order valence-electron chi connectivity index (χ1n) is 10.5. The molecule has 4 rings (SSSR count). The minimum atomic E-state index is -3.48. The Morgan fingerprint density at radius 1 is 1.14 bits per heavy atom. The summed E-state index contributed by atoms with van der Waals surface area (Å²) in [5.74, 6) is 0.647. The van der Waals surface area contributed by atoms with Crippen molar-refractivity contribution in [2.45, 2.75) is 68.5 Å². The number of sulfonamides is 1. The molecule has 1 N–H and O–H groups in total. The van der Waals surface area contributed by atoms with Crippen molar-refractivity contribution in [1.82, 2.24) is 9.62 Å². The lowest BCUT2D eigenvalue weighted by Crippen LogP contribution is -2.47. The number of aryl methyl sites for hydroxylation is 1. The normalized spacial score (nSPS) is 25.1. The van der Waals surface area contributed by atoms with Gasteiger partial charge in [-0.15, -0.1) is 0 Å². The number of nitrogens with zero attached hydrogens (tertiary/aromatic N) is 1. The molecule has 1 saturated carbocycles.